The summed E-state index contributed by atoms with van der Waals surface area (Å²) in [6, 6.07) is 21.2. The molecule has 0 aliphatic rings. The van der Waals surface area contributed by atoms with Gasteiger partial charge in [0.05, 0.1) is 6.10 Å². The zero-order valence-corrected chi connectivity index (χ0v) is 24.1. The molecule has 0 amide bonds. The lowest BCUT2D eigenvalue weighted by molar-refractivity contribution is -0.136. The van der Waals surface area contributed by atoms with Crippen LogP contribution in [0, 0.1) is 5.82 Å². The number of carbonyl (C=O) groups is 1. The van der Waals surface area contributed by atoms with Gasteiger partial charge < -0.3 is 15.5 Å². The second-order valence-corrected chi connectivity index (χ2v) is 12.8. The van der Waals surface area contributed by atoms with E-state index in [9.17, 15) is 18.3 Å². The van der Waals surface area contributed by atoms with Crippen molar-refractivity contribution in [2.24, 2.45) is 0 Å². The molecule has 0 saturated heterocycles. The number of benzene rings is 3. The minimum Gasteiger partial charge on any atom is -0.481 e. The Hall–Kier alpha value is -3.11. The molecule has 3 aromatic rings. The van der Waals surface area contributed by atoms with Gasteiger partial charge in [-0.25, -0.2) is 12.8 Å². The number of carboxylic acid groups (broad SMARTS) is 1. The number of β-amino-alcohol motifs (C(OH)–C–C–N with tert-alkyl or cyclic N) is 1. The molecule has 0 bridgehead atoms. The van der Waals surface area contributed by atoms with Gasteiger partial charge in [-0.15, -0.1) is 0 Å². The molecule has 7 nitrogen and oxygen atoms in total. The standard InChI is InChI=1S/C31H39FN2O5S/c1-31(2,18-8-12-23-9-5-4-6-10-23)33-21-27(35)22-34(3)40(38,39)29-16-15-26(20-28(29)32)25-13-7-11-24(19-25)14-17-30(36)37/h4-7,9-11,13,15-16,19-20,27,33,35H,8,12,14,17-18,21-22H2,1-3H3,(H,36,37)/t27-/m1/s1. The molecule has 3 N–H and O–H groups in total. The number of halogens is 1. The summed E-state index contributed by atoms with van der Waals surface area (Å²) < 4.78 is 42.3. The zero-order valence-electron chi connectivity index (χ0n) is 23.3. The van der Waals surface area contributed by atoms with Crippen LogP contribution in [0.2, 0.25) is 0 Å². The number of aliphatic hydroxyl groups is 1. The summed E-state index contributed by atoms with van der Waals surface area (Å²) in [4.78, 5) is 10.4. The Morgan fingerprint density at radius 1 is 0.975 bits per heavy atom. The van der Waals surface area contributed by atoms with Gasteiger partial charge in [0.15, 0.2) is 0 Å². The topological polar surface area (TPSA) is 107 Å². The van der Waals surface area contributed by atoms with Crippen LogP contribution in [-0.2, 0) is 27.7 Å². The van der Waals surface area contributed by atoms with Crippen LogP contribution in [0.4, 0.5) is 4.39 Å². The Labute approximate surface area is 236 Å². The molecule has 0 aliphatic carbocycles. The third-order valence-electron chi connectivity index (χ3n) is 6.90. The number of nitrogens with zero attached hydrogens (tertiary/aromatic N) is 1. The fourth-order valence-electron chi connectivity index (χ4n) is 4.54. The first-order valence-electron chi connectivity index (χ1n) is 13.4. The number of nitrogens with one attached hydrogen (secondary N) is 1. The van der Waals surface area contributed by atoms with Crippen molar-refractivity contribution in [2.75, 3.05) is 20.1 Å². The first-order valence-corrected chi connectivity index (χ1v) is 14.9. The maximum Gasteiger partial charge on any atom is 0.303 e. The van der Waals surface area contributed by atoms with Crippen LogP contribution in [0.25, 0.3) is 11.1 Å². The predicted molar refractivity (Wildman–Crippen MR) is 155 cm³/mol. The normalized spacial score (nSPS) is 12.9. The quantitative estimate of drug-likeness (QED) is 0.240. The maximum atomic E-state index is 15.1. The number of likely N-dealkylation sites (N-methyl/N-ethyl adjacent to an activating group) is 1. The lowest BCUT2D eigenvalue weighted by atomic mass is 9.95. The molecule has 216 valence electrons. The molecule has 1 atom stereocenters. The van der Waals surface area contributed by atoms with Crippen molar-refractivity contribution in [3.63, 3.8) is 0 Å². The van der Waals surface area contributed by atoms with Gasteiger partial charge in [-0.3, -0.25) is 4.79 Å². The van der Waals surface area contributed by atoms with Crippen molar-refractivity contribution in [2.45, 2.75) is 62.5 Å². The third kappa shape index (κ3) is 9.23. The summed E-state index contributed by atoms with van der Waals surface area (Å²) in [5.41, 5.74) is 2.95. The average molecular weight is 571 g/mol. The zero-order chi connectivity index (χ0) is 29.3. The number of aryl methyl sites for hydroxylation is 2. The number of hydrogen-bond donors (Lipinski definition) is 3. The van der Waals surface area contributed by atoms with Crippen molar-refractivity contribution in [3.8, 4) is 11.1 Å². The van der Waals surface area contributed by atoms with E-state index in [0.717, 1.165) is 35.2 Å². The van der Waals surface area contributed by atoms with Crippen molar-refractivity contribution < 1.29 is 27.8 Å². The second kappa shape index (κ2) is 14.0. The minimum absolute atomic E-state index is 0.0194. The summed E-state index contributed by atoms with van der Waals surface area (Å²) in [6.07, 6.45) is 2.14. The van der Waals surface area contributed by atoms with Gasteiger partial charge in [0.25, 0.3) is 0 Å². The summed E-state index contributed by atoms with van der Waals surface area (Å²) in [5.74, 6) is -1.80. The Morgan fingerprint density at radius 3 is 2.33 bits per heavy atom. The SMILES string of the molecule is CN(C[C@H](O)CNC(C)(C)CCCc1ccccc1)S(=O)(=O)c1ccc(-c2cccc(CCC(=O)O)c2)cc1F. The number of sulfonamides is 1. The average Bonchev–Trinajstić information content (AvgIpc) is 2.91. The van der Waals surface area contributed by atoms with Crippen LogP contribution in [0.5, 0.6) is 0 Å². The maximum absolute atomic E-state index is 15.1. The summed E-state index contributed by atoms with van der Waals surface area (Å²) in [5, 5.41) is 22.8. The van der Waals surface area contributed by atoms with Gasteiger partial charge in [0.2, 0.25) is 10.0 Å². The van der Waals surface area contributed by atoms with Crippen LogP contribution in [0.3, 0.4) is 0 Å². The molecule has 0 saturated carbocycles. The molecule has 3 rings (SSSR count). The third-order valence-corrected chi connectivity index (χ3v) is 8.76. The number of rotatable bonds is 15. The number of aliphatic carboxylic acids is 1. The van der Waals surface area contributed by atoms with E-state index in [1.165, 1.54) is 24.7 Å². The van der Waals surface area contributed by atoms with Gasteiger partial charge in [-0.05, 0) is 73.9 Å². The number of hydrogen-bond acceptors (Lipinski definition) is 5. The van der Waals surface area contributed by atoms with Gasteiger partial charge in [0.1, 0.15) is 10.7 Å². The highest BCUT2D eigenvalue weighted by molar-refractivity contribution is 7.89. The molecule has 0 spiro atoms. The molecule has 0 heterocycles. The minimum atomic E-state index is -4.18. The van der Waals surface area contributed by atoms with Crippen molar-refractivity contribution in [1.82, 2.24) is 9.62 Å². The molecular weight excluding hydrogens is 531 g/mol. The largest absolute Gasteiger partial charge is 0.481 e. The Morgan fingerprint density at radius 2 is 1.65 bits per heavy atom. The van der Waals surface area contributed by atoms with E-state index in [-0.39, 0.29) is 25.0 Å². The monoisotopic (exact) mass is 570 g/mol. The summed E-state index contributed by atoms with van der Waals surface area (Å²) >= 11 is 0. The highest BCUT2D eigenvalue weighted by atomic mass is 32.2. The van der Waals surface area contributed by atoms with Crippen LogP contribution < -0.4 is 5.32 Å². The highest BCUT2D eigenvalue weighted by Crippen LogP contribution is 2.27. The summed E-state index contributed by atoms with van der Waals surface area (Å²) in [6.45, 7) is 4.09. The summed E-state index contributed by atoms with van der Waals surface area (Å²) in [7, 11) is -2.86. The van der Waals surface area contributed by atoms with E-state index >= 15 is 4.39 Å². The number of carboxylic acids is 1. The van der Waals surface area contributed by atoms with Gasteiger partial charge in [-0.2, -0.15) is 4.31 Å². The van der Waals surface area contributed by atoms with E-state index in [1.807, 2.05) is 32.0 Å². The molecule has 0 aromatic heterocycles. The van der Waals surface area contributed by atoms with E-state index in [2.05, 4.69) is 17.4 Å². The van der Waals surface area contributed by atoms with E-state index < -0.39 is 32.8 Å². The lowest BCUT2D eigenvalue weighted by Crippen LogP contribution is -2.46. The first-order chi connectivity index (χ1) is 18.9. The van der Waals surface area contributed by atoms with E-state index in [1.54, 1.807) is 24.3 Å². The Bertz CT molecular complexity index is 1380. The predicted octanol–water partition coefficient (Wildman–Crippen LogP) is 4.88. The fraction of sp³-hybridized carbons (Fsp3) is 0.387. The molecule has 0 radical (unpaired) electrons. The second-order valence-electron chi connectivity index (χ2n) is 10.8. The molecule has 0 unspecified atom stereocenters. The van der Waals surface area contributed by atoms with Crippen molar-refractivity contribution in [1.29, 1.82) is 0 Å². The van der Waals surface area contributed by atoms with Crippen LogP contribution in [0.1, 0.15) is 44.2 Å². The Kier molecular flexibility index (Phi) is 11.0. The van der Waals surface area contributed by atoms with Crippen LogP contribution in [-0.4, -0.2) is 60.7 Å². The molecule has 9 heteroatoms. The lowest BCUT2D eigenvalue weighted by Gasteiger charge is -2.29. The smallest absolute Gasteiger partial charge is 0.303 e. The highest BCUT2D eigenvalue weighted by Gasteiger charge is 2.27. The van der Waals surface area contributed by atoms with Crippen molar-refractivity contribution in [3.05, 3.63) is 89.7 Å². The number of aliphatic hydroxyl groups excluding tert-OH is 1. The van der Waals surface area contributed by atoms with Crippen LogP contribution in [0.15, 0.2) is 77.7 Å². The van der Waals surface area contributed by atoms with Crippen LogP contribution >= 0.6 is 0 Å². The molecule has 0 aliphatic heterocycles. The van der Waals surface area contributed by atoms with E-state index in [0.29, 0.717) is 17.5 Å². The van der Waals surface area contributed by atoms with Gasteiger partial charge in [-0.1, -0.05) is 60.7 Å². The van der Waals surface area contributed by atoms with E-state index in [4.69, 9.17) is 5.11 Å². The first kappa shape index (κ1) is 31.4. The molecule has 40 heavy (non-hydrogen) atoms. The fourth-order valence-corrected chi connectivity index (χ4v) is 5.79. The van der Waals surface area contributed by atoms with Gasteiger partial charge in [0, 0.05) is 32.1 Å². The van der Waals surface area contributed by atoms with Gasteiger partial charge >= 0.3 is 5.97 Å². The molecular formula is C31H39FN2O5S. The Balaban J connectivity index is 1.57. The molecule has 3 aromatic carbocycles. The van der Waals surface area contributed by atoms with Crippen molar-refractivity contribution >= 4 is 16.0 Å². The molecule has 0 fully saturated rings.